The van der Waals surface area contributed by atoms with Crippen molar-refractivity contribution in [3.8, 4) is 0 Å². The molecule has 0 aromatic rings. The molecule has 10 heavy (non-hydrogen) atoms. The van der Waals surface area contributed by atoms with Gasteiger partial charge in [0.2, 0.25) is 5.91 Å². The molecule has 0 spiro atoms. The molecule has 0 rings (SSSR count). The molecule has 3 nitrogen and oxygen atoms in total. The molecule has 1 amide bonds. The fourth-order valence-electron chi connectivity index (χ4n) is 0.631. The molecule has 0 saturated heterocycles. The van der Waals surface area contributed by atoms with Crippen molar-refractivity contribution in [3.05, 3.63) is 0 Å². The molecule has 0 aliphatic carbocycles. The van der Waals surface area contributed by atoms with Gasteiger partial charge in [-0.05, 0) is 5.92 Å². The minimum atomic E-state index is -0.192. The molecule has 0 heterocycles. The Labute approximate surface area is 62.0 Å². The Morgan fingerprint density at radius 3 is 2.50 bits per heavy atom. The summed E-state index contributed by atoms with van der Waals surface area (Å²) in [4.78, 5) is 10.5. The maximum absolute atomic E-state index is 10.5. The molecule has 0 unspecified atom stereocenters. The first-order valence-electron chi connectivity index (χ1n) is 3.60. The van der Waals surface area contributed by atoms with E-state index in [0.717, 1.165) is 6.42 Å². The number of carbonyl (C=O) groups excluding carboxylic acids is 1. The highest BCUT2D eigenvalue weighted by Gasteiger charge is 2.09. The first-order valence-corrected chi connectivity index (χ1v) is 3.60. The number of hydrogen-bond donors (Lipinski definition) is 2. The summed E-state index contributed by atoms with van der Waals surface area (Å²) in [5.74, 6) is 0.289. The molecule has 0 bridgehead atoms. The van der Waals surface area contributed by atoms with Crippen LogP contribution in [0.5, 0.6) is 0 Å². The predicted octanol–water partition coefficient (Wildman–Crippen LogP) is 0.453. The highest BCUT2D eigenvalue weighted by atomic mass is 16.1. The van der Waals surface area contributed by atoms with Crippen LogP contribution in [0.1, 0.15) is 27.2 Å². The third-order valence-electron chi connectivity index (χ3n) is 1.63. The Hall–Kier alpha value is -0.570. The van der Waals surface area contributed by atoms with Crippen LogP contribution in [0, 0.1) is 5.92 Å². The summed E-state index contributed by atoms with van der Waals surface area (Å²) >= 11 is 0. The van der Waals surface area contributed by atoms with Crippen molar-refractivity contribution >= 4 is 5.91 Å². The standard InChI is InChI=1S/C7H16N2O/c1-4-5(2)7(8)9-6(3)10/h5,7H,4,8H2,1-3H3,(H,9,10)/t5-,7-/m0/s1. The van der Waals surface area contributed by atoms with Crippen molar-refractivity contribution in [3.63, 3.8) is 0 Å². The van der Waals surface area contributed by atoms with Gasteiger partial charge in [0.25, 0.3) is 0 Å². The van der Waals surface area contributed by atoms with Crippen LogP contribution in [0.4, 0.5) is 0 Å². The van der Waals surface area contributed by atoms with Crippen LogP contribution in [0.15, 0.2) is 0 Å². The van der Waals surface area contributed by atoms with Crippen LogP contribution >= 0.6 is 0 Å². The van der Waals surface area contributed by atoms with E-state index in [-0.39, 0.29) is 12.1 Å². The van der Waals surface area contributed by atoms with E-state index in [1.807, 2.05) is 13.8 Å². The normalized spacial score (nSPS) is 16.0. The molecular weight excluding hydrogens is 128 g/mol. The lowest BCUT2D eigenvalue weighted by Crippen LogP contribution is -2.44. The minimum Gasteiger partial charge on any atom is -0.341 e. The lowest BCUT2D eigenvalue weighted by molar-refractivity contribution is -0.119. The number of carbonyl (C=O) groups is 1. The second-order valence-electron chi connectivity index (χ2n) is 2.61. The zero-order chi connectivity index (χ0) is 8.15. The number of rotatable bonds is 3. The van der Waals surface area contributed by atoms with Crippen molar-refractivity contribution in [2.45, 2.75) is 33.4 Å². The molecule has 0 aliphatic heterocycles. The summed E-state index contributed by atoms with van der Waals surface area (Å²) < 4.78 is 0. The molecule has 2 atom stereocenters. The van der Waals surface area contributed by atoms with Gasteiger partial charge in [-0.15, -0.1) is 0 Å². The molecule has 3 heteroatoms. The average molecular weight is 144 g/mol. The molecular formula is C7H16N2O. The van der Waals surface area contributed by atoms with Crippen LogP contribution in [0.25, 0.3) is 0 Å². The van der Waals surface area contributed by atoms with E-state index in [2.05, 4.69) is 5.32 Å². The van der Waals surface area contributed by atoms with Gasteiger partial charge in [-0.3, -0.25) is 4.79 Å². The van der Waals surface area contributed by atoms with Gasteiger partial charge in [-0.1, -0.05) is 20.3 Å². The summed E-state index contributed by atoms with van der Waals surface area (Å²) in [6.45, 7) is 5.54. The minimum absolute atomic E-state index is 0.0622. The SMILES string of the molecule is CC[C@H](C)[C@@H](N)NC(C)=O. The summed E-state index contributed by atoms with van der Waals surface area (Å²) in [7, 11) is 0. The number of nitrogens with one attached hydrogen (secondary N) is 1. The van der Waals surface area contributed by atoms with E-state index >= 15 is 0 Å². The molecule has 0 saturated carbocycles. The van der Waals surface area contributed by atoms with Crippen LogP contribution in [-0.4, -0.2) is 12.1 Å². The Kier molecular flexibility index (Phi) is 4.03. The summed E-state index contributed by atoms with van der Waals surface area (Å²) in [5.41, 5.74) is 5.60. The number of amides is 1. The monoisotopic (exact) mass is 144 g/mol. The van der Waals surface area contributed by atoms with E-state index < -0.39 is 0 Å². The Morgan fingerprint density at radius 2 is 2.20 bits per heavy atom. The smallest absolute Gasteiger partial charge is 0.218 e. The van der Waals surface area contributed by atoms with Crippen molar-refractivity contribution in [2.24, 2.45) is 11.7 Å². The topological polar surface area (TPSA) is 55.1 Å². The Bertz CT molecular complexity index is 114. The molecule has 0 fully saturated rings. The van der Waals surface area contributed by atoms with Gasteiger partial charge in [-0.25, -0.2) is 0 Å². The third kappa shape index (κ3) is 3.45. The second kappa shape index (κ2) is 4.28. The Balaban J connectivity index is 3.61. The first kappa shape index (κ1) is 9.43. The Morgan fingerprint density at radius 1 is 1.70 bits per heavy atom. The molecule has 0 aromatic carbocycles. The largest absolute Gasteiger partial charge is 0.341 e. The van der Waals surface area contributed by atoms with Gasteiger partial charge < -0.3 is 11.1 Å². The zero-order valence-corrected chi connectivity index (χ0v) is 6.85. The van der Waals surface area contributed by atoms with Crippen LogP contribution in [0.3, 0.4) is 0 Å². The summed E-state index contributed by atoms with van der Waals surface area (Å²) in [6, 6.07) is 0. The fourth-order valence-corrected chi connectivity index (χ4v) is 0.631. The van der Waals surface area contributed by atoms with E-state index in [1.165, 1.54) is 6.92 Å². The van der Waals surface area contributed by atoms with Gasteiger partial charge >= 0.3 is 0 Å². The van der Waals surface area contributed by atoms with Gasteiger partial charge in [-0.2, -0.15) is 0 Å². The van der Waals surface area contributed by atoms with Crippen molar-refractivity contribution in [2.75, 3.05) is 0 Å². The van der Waals surface area contributed by atoms with Gasteiger partial charge in [0.15, 0.2) is 0 Å². The van der Waals surface area contributed by atoms with Crippen LogP contribution < -0.4 is 11.1 Å². The fraction of sp³-hybridized carbons (Fsp3) is 0.857. The molecule has 60 valence electrons. The van der Waals surface area contributed by atoms with Crippen molar-refractivity contribution in [1.82, 2.24) is 5.32 Å². The molecule has 0 aliphatic rings. The maximum atomic E-state index is 10.5. The molecule has 0 radical (unpaired) electrons. The zero-order valence-electron chi connectivity index (χ0n) is 6.85. The second-order valence-corrected chi connectivity index (χ2v) is 2.61. The van der Waals surface area contributed by atoms with E-state index in [9.17, 15) is 4.79 Å². The molecule has 3 N–H and O–H groups in total. The van der Waals surface area contributed by atoms with Gasteiger partial charge in [0, 0.05) is 6.92 Å². The van der Waals surface area contributed by atoms with Crippen molar-refractivity contribution < 1.29 is 4.79 Å². The average Bonchev–Trinajstić information content (AvgIpc) is 1.85. The highest BCUT2D eigenvalue weighted by Crippen LogP contribution is 2.01. The third-order valence-corrected chi connectivity index (χ3v) is 1.63. The van der Waals surface area contributed by atoms with E-state index in [0.29, 0.717) is 5.92 Å². The van der Waals surface area contributed by atoms with Gasteiger partial charge in [0.05, 0.1) is 6.17 Å². The van der Waals surface area contributed by atoms with Crippen molar-refractivity contribution in [1.29, 1.82) is 0 Å². The summed E-state index contributed by atoms with van der Waals surface area (Å²) in [6.07, 6.45) is 0.795. The number of nitrogens with two attached hydrogens (primary N) is 1. The number of hydrogen-bond acceptors (Lipinski definition) is 2. The van der Waals surface area contributed by atoms with E-state index in [1.54, 1.807) is 0 Å². The lowest BCUT2D eigenvalue weighted by atomic mass is 10.1. The lowest BCUT2D eigenvalue weighted by Gasteiger charge is -2.18. The van der Waals surface area contributed by atoms with Crippen LogP contribution in [0.2, 0.25) is 0 Å². The van der Waals surface area contributed by atoms with E-state index in [4.69, 9.17) is 5.73 Å². The predicted molar refractivity (Wildman–Crippen MR) is 41.2 cm³/mol. The van der Waals surface area contributed by atoms with Gasteiger partial charge in [0.1, 0.15) is 0 Å². The quantitative estimate of drug-likeness (QED) is 0.565. The highest BCUT2D eigenvalue weighted by molar-refractivity contribution is 5.73. The molecule has 0 aromatic heterocycles. The first-order chi connectivity index (χ1) is 4.57. The maximum Gasteiger partial charge on any atom is 0.218 e. The van der Waals surface area contributed by atoms with Crippen LogP contribution in [-0.2, 0) is 4.79 Å². The summed E-state index contributed by atoms with van der Waals surface area (Å²) in [5, 5.41) is 2.63.